The zero-order valence-corrected chi connectivity index (χ0v) is 17.3. The molecule has 0 aliphatic carbocycles. The van der Waals surface area contributed by atoms with Crippen LogP contribution in [0.1, 0.15) is 24.0 Å². The molecule has 164 valence electrons. The summed E-state index contributed by atoms with van der Waals surface area (Å²) in [6.45, 7) is 7.15. The molecule has 0 saturated carbocycles. The number of piperazine rings is 2. The summed E-state index contributed by atoms with van der Waals surface area (Å²) in [5, 5.41) is 12.8. The molecule has 3 aliphatic rings. The molecule has 0 aromatic heterocycles. The van der Waals surface area contributed by atoms with Crippen molar-refractivity contribution in [2.75, 3.05) is 45.8 Å². The molecular formula is C21H31N5O4. The number of fused-ring (bicyclic) bond motifs is 1. The molecule has 3 heterocycles. The second-order valence-corrected chi connectivity index (χ2v) is 7.85. The third-order valence-electron chi connectivity index (χ3n) is 5.85. The summed E-state index contributed by atoms with van der Waals surface area (Å²) in [5.74, 6) is 0.0346. The number of carbonyl (C=O) groups excluding carboxylic acids is 2. The first-order chi connectivity index (χ1) is 14.6. The SMILES string of the molecule is O=C1NCCN2CCN(C(=O)NCc3ccc(CN4CCCC4)cc3)CC12.O=CO. The van der Waals surface area contributed by atoms with Crippen molar-refractivity contribution in [1.29, 1.82) is 0 Å². The quantitative estimate of drug-likeness (QED) is 0.609. The Morgan fingerprint density at radius 2 is 1.77 bits per heavy atom. The number of urea groups is 1. The minimum atomic E-state index is -0.250. The van der Waals surface area contributed by atoms with Crippen molar-refractivity contribution >= 4 is 18.4 Å². The standard InChI is InChI=1S/C20H29N5O2.CH2O2/c26-19-18-15-25(12-11-24(18)10-7-21-19)20(27)22-13-16-3-5-17(6-4-16)14-23-8-1-2-9-23;2-1-3/h3-6,18H,1-2,7-15H2,(H,21,26)(H,22,27);1H,(H,2,3). The van der Waals surface area contributed by atoms with Crippen molar-refractivity contribution in [2.24, 2.45) is 0 Å². The minimum Gasteiger partial charge on any atom is -0.483 e. The number of hydrogen-bond donors (Lipinski definition) is 3. The van der Waals surface area contributed by atoms with Gasteiger partial charge in [-0.3, -0.25) is 19.4 Å². The van der Waals surface area contributed by atoms with Gasteiger partial charge < -0.3 is 20.6 Å². The largest absolute Gasteiger partial charge is 0.483 e. The fourth-order valence-electron chi connectivity index (χ4n) is 4.21. The highest BCUT2D eigenvalue weighted by molar-refractivity contribution is 5.84. The molecule has 3 aliphatic heterocycles. The van der Waals surface area contributed by atoms with Gasteiger partial charge >= 0.3 is 6.03 Å². The zero-order chi connectivity index (χ0) is 21.3. The maximum Gasteiger partial charge on any atom is 0.317 e. The molecule has 3 fully saturated rings. The van der Waals surface area contributed by atoms with Crippen LogP contribution in [-0.4, -0.2) is 90.1 Å². The minimum absolute atomic E-state index is 0.0346. The summed E-state index contributed by atoms with van der Waals surface area (Å²) in [5.41, 5.74) is 2.42. The second kappa shape index (κ2) is 10.9. The average molecular weight is 418 g/mol. The smallest absolute Gasteiger partial charge is 0.317 e. The lowest BCUT2D eigenvalue weighted by Crippen LogP contribution is -2.65. The Bertz CT molecular complexity index is 721. The molecule has 1 aromatic rings. The molecule has 3 amide bonds. The first-order valence-corrected chi connectivity index (χ1v) is 10.5. The summed E-state index contributed by atoms with van der Waals surface area (Å²) in [6, 6.07) is 8.21. The van der Waals surface area contributed by atoms with E-state index in [9.17, 15) is 9.59 Å². The molecule has 1 unspecified atom stereocenters. The maximum atomic E-state index is 12.5. The Morgan fingerprint density at radius 3 is 2.47 bits per heavy atom. The van der Waals surface area contributed by atoms with Gasteiger partial charge in [0.25, 0.3) is 6.47 Å². The van der Waals surface area contributed by atoms with Gasteiger partial charge in [0.1, 0.15) is 6.04 Å². The Hall–Kier alpha value is -2.65. The van der Waals surface area contributed by atoms with E-state index in [1.54, 1.807) is 4.90 Å². The van der Waals surface area contributed by atoms with E-state index in [-0.39, 0.29) is 24.5 Å². The third kappa shape index (κ3) is 5.93. The van der Waals surface area contributed by atoms with Crippen molar-refractivity contribution < 1.29 is 19.5 Å². The van der Waals surface area contributed by atoms with Gasteiger partial charge in [-0.15, -0.1) is 0 Å². The van der Waals surface area contributed by atoms with Crippen LogP contribution in [0.15, 0.2) is 24.3 Å². The van der Waals surface area contributed by atoms with E-state index in [4.69, 9.17) is 9.90 Å². The Labute approximate surface area is 177 Å². The molecule has 9 nitrogen and oxygen atoms in total. The van der Waals surface area contributed by atoms with E-state index in [0.717, 1.165) is 25.2 Å². The Balaban J connectivity index is 0.000000806. The molecule has 3 N–H and O–H groups in total. The van der Waals surface area contributed by atoms with Crippen LogP contribution in [-0.2, 0) is 22.7 Å². The van der Waals surface area contributed by atoms with Gasteiger partial charge in [-0.25, -0.2) is 4.79 Å². The Morgan fingerprint density at radius 1 is 1.10 bits per heavy atom. The van der Waals surface area contributed by atoms with E-state index in [2.05, 4.69) is 44.7 Å². The number of carbonyl (C=O) groups is 3. The maximum absolute atomic E-state index is 12.5. The lowest BCUT2D eigenvalue weighted by Gasteiger charge is -2.42. The van der Waals surface area contributed by atoms with Crippen LogP contribution in [0.2, 0.25) is 0 Å². The van der Waals surface area contributed by atoms with Crippen molar-refractivity contribution in [3.05, 3.63) is 35.4 Å². The van der Waals surface area contributed by atoms with Crippen LogP contribution in [0.5, 0.6) is 0 Å². The van der Waals surface area contributed by atoms with E-state index >= 15 is 0 Å². The molecule has 1 atom stereocenters. The van der Waals surface area contributed by atoms with Gasteiger partial charge in [-0.2, -0.15) is 0 Å². The number of benzene rings is 1. The number of amides is 3. The summed E-state index contributed by atoms with van der Waals surface area (Å²) >= 11 is 0. The van der Waals surface area contributed by atoms with Crippen LogP contribution >= 0.6 is 0 Å². The highest BCUT2D eigenvalue weighted by atomic mass is 16.3. The number of nitrogens with zero attached hydrogens (tertiary/aromatic N) is 3. The zero-order valence-electron chi connectivity index (χ0n) is 17.3. The lowest BCUT2D eigenvalue weighted by atomic mass is 10.1. The van der Waals surface area contributed by atoms with E-state index < -0.39 is 0 Å². The van der Waals surface area contributed by atoms with Crippen LogP contribution in [0.25, 0.3) is 0 Å². The fraction of sp³-hybridized carbons (Fsp3) is 0.571. The summed E-state index contributed by atoms with van der Waals surface area (Å²) in [7, 11) is 0. The normalized spacial score (nSPS) is 21.8. The third-order valence-corrected chi connectivity index (χ3v) is 5.85. The van der Waals surface area contributed by atoms with Gasteiger partial charge in [-0.1, -0.05) is 24.3 Å². The molecule has 9 heteroatoms. The van der Waals surface area contributed by atoms with Crippen molar-refractivity contribution in [1.82, 2.24) is 25.3 Å². The molecule has 4 rings (SSSR count). The van der Waals surface area contributed by atoms with Crippen molar-refractivity contribution in [3.8, 4) is 0 Å². The molecule has 0 radical (unpaired) electrons. The molecule has 30 heavy (non-hydrogen) atoms. The fourth-order valence-corrected chi connectivity index (χ4v) is 4.21. The second-order valence-electron chi connectivity index (χ2n) is 7.85. The van der Waals surface area contributed by atoms with Gasteiger partial charge in [0.15, 0.2) is 0 Å². The van der Waals surface area contributed by atoms with E-state index in [1.165, 1.54) is 31.5 Å². The monoisotopic (exact) mass is 417 g/mol. The van der Waals surface area contributed by atoms with Gasteiger partial charge in [0, 0.05) is 45.8 Å². The lowest BCUT2D eigenvalue weighted by molar-refractivity contribution is -0.131. The predicted octanol–water partition coefficient (Wildman–Crippen LogP) is 0.309. The van der Waals surface area contributed by atoms with Crippen molar-refractivity contribution in [3.63, 3.8) is 0 Å². The van der Waals surface area contributed by atoms with Crippen LogP contribution in [0.3, 0.4) is 0 Å². The summed E-state index contributed by atoms with van der Waals surface area (Å²) in [6.07, 6.45) is 2.61. The molecule has 0 bridgehead atoms. The Kier molecular flexibility index (Phi) is 8.04. The molecular weight excluding hydrogens is 386 g/mol. The highest BCUT2D eigenvalue weighted by Gasteiger charge is 2.36. The van der Waals surface area contributed by atoms with E-state index in [0.29, 0.717) is 26.2 Å². The average Bonchev–Trinajstić information content (AvgIpc) is 3.27. The first kappa shape index (κ1) is 22.0. The van der Waals surface area contributed by atoms with Crippen LogP contribution in [0, 0.1) is 0 Å². The number of hydrogen-bond acceptors (Lipinski definition) is 5. The summed E-state index contributed by atoms with van der Waals surface area (Å²) in [4.78, 5) is 39.3. The van der Waals surface area contributed by atoms with Gasteiger partial charge in [0.2, 0.25) is 5.91 Å². The van der Waals surface area contributed by atoms with Crippen molar-refractivity contribution in [2.45, 2.75) is 32.0 Å². The molecule has 0 spiro atoms. The number of carboxylic acid groups (broad SMARTS) is 1. The highest BCUT2D eigenvalue weighted by Crippen LogP contribution is 2.14. The topological polar surface area (TPSA) is 105 Å². The first-order valence-electron chi connectivity index (χ1n) is 10.5. The summed E-state index contributed by atoms with van der Waals surface area (Å²) < 4.78 is 0. The van der Waals surface area contributed by atoms with Gasteiger partial charge in [-0.05, 0) is 37.1 Å². The molecule has 3 saturated heterocycles. The van der Waals surface area contributed by atoms with Crippen LogP contribution < -0.4 is 10.6 Å². The van der Waals surface area contributed by atoms with Gasteiger partial charge in [0.05, 0.1) is 0 Å². The molecule has 1 aromatic carbocycles. The van der Waals surface area contributed by atoms with Crippen LogP contribution in [0.4, 0.5) is 4.79 Å². The van der Waals surface area contributed by atoms with E-state index in [1.807, 2.05) is 0 Å². The number of likely N-dealkylation sites (tertiary alicyclic amines) is 1. The number of nitrogens with one attached hydrogen (secondary N) is 2. The number of rotatable bonds is 4. The predicted molar refractivity (Wildman–Crippen MR) is 112 cm³/mol.